The van der Waals surface area contributed by atoms with Crippen LogP contribution >= 0.6 is 11.8 Å². The number of anilines is 1. The van der Waals surface area contributed by atoms with Crippen molar-refractivity contribution in [3.63, 3.8) is 0 Å². The molecule has 6 nitrogen and oxygen atoms in total. The Kier molecular flexibility index (Phi) is 4.28. The number of nitrogens with zero attached hydrogens (tertiary/aromatic N) is 1. The van der Waals surface area contributed by atoms with E-state index in [4.69, 9.17) is 0 Å². The summed E-state index contributed by atoms with van der Waals surface area (Å²) < 4.78 is 0. The zero-order valence-corrected chi connectivity index (χ0v) is 16.8. The summed E-state index contributed by atoms with van der Waals surface area (Å²) in [7, 11) is 0. The molecule has 1 aliphatic carbocycles. The highest BCUT2D eigenvalue weighted by Crippen LogP contribution is 2.54. The molecule has 0 radical (unpaired) electrons. The van der Waals surface area contributed by atoms with Crippen LogP contribution in [-0.2, 0) is 19.9 Å². The molecular weight excluding hydrogens is 374 g/mol. The zero-order chi connectivity index (χ0) is 19.5. The average molecular weight is 400 g/mol. The lowest BCUT2D eigenvalue weighted by Gasteiger charge is -2.31. The molecule has 2 saturated heterocycles. The molecule has 1 aromatic carbocycles. The lowest BCUT2D eigenvalue weighted by atomic mass is 9.76. The van der Waals surface area contributed by atoms with E-state index >= 15 is 0 Å². The molecule has 5 rings (SSSR count). The normalized spacial score (nSPS) is 34.4. The third-order valence-electron chi connectivity index (χ3n) is 6.98. The minimum absolute atomic E-state index is 0.00329. The molecular formula is C21H25N3O3S. The summed E-state index contributed by atoms with van der Waals surface area (Å²) in [6, 6.07) is 7.37. The number of rotatable bonds is 4. The van der Waals surface area contributed by atoms with Crippen molar-refractivity contribution < 1.29 is 14.4 Å². The second kappa shape index (κ2) is 6.59. The predicted molar refractivity (Wildman–Crippen MR) is 108 cm³/mol. The average Bonchev–Trinajstić information content (AvgIpc) is 3.42. The first kappa shape index (κ1) is 18.2. The molecule has 148 valence electrons. The minimum Gasteiger partial charge on any atom is -0.324 e. The molecule has 1 saturated carbocycles. The van der Waals surface area contributed by atoms with E-state index in [2.05, 4.69) is 10.6 Å². The molecule has 0 aromatic heterocycles. The smallest absolute Gasteiger partial charge is 0.250 e. The first-order valence-corrected chi connectivity index (χ1v) is 11.5. The number of fused-ring (bicyclic) bond motifs is 4. The second-order valence-corrected chi connectivity index (χ2v) is 9.31. The van der Waals surface area contributed by atoms with Gasteiger partial charge in [-0.3, -0.25) is 24.6 Å². The van der Waals surface area contributed by atoms with Crippen molar-refractivity contribution in [2.75, 3.05) is 17.3 Å². The Hall–Kier alpha value is -1.86. The Morgan fingerprint density at radius 3 is 2.64 bits per heavy atom. The van der Waals surface area contributed by atoms with E-state index in [0.717, 1.165) is 49.1 Å². The van der Waals surface area contributed by atoms with Gasteiger partial charge in [0, 0.05) is 23.3 Å². The number of nitrogens with one attached hydrogen (secondary N) is 2. The van der Waals surface area contributed by atoms with Crippen molar-refractivity contribution >= 4 is 35.2 Å². The van der Waals surface area contributed by atoms with Gasteiger partial charge in [-0.1, -0.05) is 31.0 Å². The van der Waals surface area contributed by atoms with Gasteiger partial charge in [-0.2, -0.15) is 11.8 Å². The lowest BCUT2D eigenvalue weighted by Crippen LogP contribution is -2.54. The molecule has 1 aromatic rings. The van der Waals surface area contributed by atoms with Crippen LogP contribution in [0.25, 0.3) is 0 Å². The third kappa shape index (κ3) is 2.29. The van der Waals surface area contributed by atoms with Gasteiger partial charge in [0.05, 0.1) is 11.8 Å². The molecule has 2 unspecified atom stereocenters. The van der Waals surface area contributed by atoms with Crippen LogP contribution in [0.5, 0.6) is 0 Å². The third-order valence-corrected chi connectivity index (χ3v) is 7.62. The molecule has 3 fully saturated rings. The maximum Gasteiger partial charge on any atom is 0.250 e. The van der Waals surface area contributed by atoms with Crippen LogP contribution in [0.4, 0.5) is 5.69 Å². The highest BCUT2D eigenvalue weighted by atomic mass is 32.2. The van der Waals surface area contributed by atoms with Gasteiger partial charge in [0.25, 0.3) is 0 Å². The predicted octanol–water partition coefficient (Wildman–Crippen LogP) is 2.10. The second-order valence-electron chi connectivity index (χ2n) is 8.33. The minimum atomic E-state index is -1.13. The van der Waals surface area contributed by atoms with E-state index in [-0.39, 0.29) is 29.8 Å². The highest BCUT2D eigenvalue weighted by Gasteiger charge is 2.70. The number of carbonyl (C=O) groups is 3. The summed E-state index contributed by atoms with van der Waals surface area (Å²) in [6.45, 7) is 0. The number of likely N-dealkylation sites (tertiary alicyclic amines) is 1. The van der Waals surface area contributed by atoms with E-state index < -0.39 is 17.4 Å². The van der Waals surface area contributed by atoms with Crippen molar-refractivity contribution in [1.82, 2.24) is 10.2 Å². The number of amides is 3. The molecule has 2 N–H and O–H groups in total. The van der Waals surface area contributed by atoms with Gasteiger partial charge in [0.2, 0.25) is 17.7 Å². The number of hydrogen-bond donors (Lipinski definition) is 2. The maximum atomic E-state index is 13.6. The van der Waals surface area contributed by atoms with Crippen LogP contribution in [0.3, 0.4) is 0 Å². The summed E-state index contributed by atoms with van der Waals surface area (Å²) in [5.74, 6) is -0.675. The van der Waals surface area contributed by atoms with Crippen LogP contribution in [0.1, 0.15) is 37.7 Å². The van der Waals surface area contributed by atoms with E-state index in [1.54, 1.807) is 11.8 Å². The van der Waals surface area contributed by atoms with Gasteiger partial charge in [0.1, 0.15) is 5.54 Å². The molecule has 7 heteroatoms. The summed E-state index contributed by atoms with van der Waals surface area (Å²) in [6.07, 6.45) is 6.67. The summed E-state index contributed by atoms with van der Waals surface area (Å²) >= 11 is 1.72. The number of imide groups is 1. The van der Waals surface area contributed by atoms with Gasteiger partial charge >= 0.3 is 0 Å². The Morgan fingerprint density at radius 1 is 1.14 bits per heavy atom. The van der Waals surface area contributed by atoms with Crippen molar-refractivity contribution in [2.24, 2.45) is 11.8 Å². The Balaban J connectivity index is 1.61. The van der Waals surface area contributed by atoms with Crippen molar-refractivity contribution in [1.29, 1.82) is 0 Å². The molecule has 1 spiro atoms. The van der Waals surface area contributed by atoms with E-state index in [9.17, 15) is 14.4 Å². The Morgan fingerprint density at radius 2 is 1.89 bits per heavy atom. The quantitative estimate of drug-likeness (QED) is 0.758. The van der Waals surface area contributed by atoms with E-state index in [1.807, 2.05) is 30.5 Å². The molecule has 0 bridgehead atoms. The van der Waals surface area contributed by atoms with Crippen LogP contribution in [0, 0.1) is 11.8 Å². The maximum absolute atomic E-state index is 13.6. The highest BCUT2D eigenvalue weighted by molar-refractivity contribution is 7.98. The fourth-order valence-electron chi connectivity index (χ4n) is 5.80. The molecule has 28 heavy (non-hydrogen) atoms. The van der Waals surface area contributed by atoms with Gasteiger partial charge in [-0.05, 0) is 37.3 Å². The van der Waals surface area contributed by atoms with Crippen LogP contribution in [-0.4, -0.2) is 46.7 Å². The first-order valence-electron chi connectivity index (χ1n) is 10.1. The zero-order valence-electron chi connectivity index (χ0n) is 15.9. The number of benzene rings is 1. The molecule has 3 aliphatic heterocycles. The molecule has 3 amide bonds. The fourth-order valence-corrected chi connectivity index (χ4v) is 6.29. The van der Waals surface area contributed by atoms with Crippen LogP contribution in [0.15, 0.2) is 24.3 Å². The monoisotopic (exact) mass is 399 g/mol. The topological polar surface area (TPSA) is 78.5 Å². The largest absolute Gasteiger partial charge is 0.324 e. The fraction of sp³-hybridized carbons (Fsp3) is 0.571. The van der Waals surface area contributed by atoms with Gasteiger partial charge in [0.15, 0.2) is 0 Å². The number of thioether (sulfide) groups is 1. The first-order chi connectivity index (χ1) is 13.6. The van der Waals surface area contributed by atoms with E-state index in [1.165, 1.54) is 4.90 Å². The Labute approximate surface area is 168 Å². The van der Waals surface area contributed by atoms with Gasteiger partial charge < -0.3 is 5.32 Å². The van der Waals surface area contributed by atoms with Crippen molar-refractivity contribution in [3.05, 3.63) is 29.8 Å². The van der Waals surface area contributed by atoms with Gasteiger partial charge in [-0.25, -0.2) is 0 Å². The van der Waals surface area contributed by atoms with Gasteiger partial charge in [-0.15, -0.1) is 0 Å². The molecule has 4 aliphatic rings. The number of carbonyl (C=O) groups excluding carboxylic acids is 3. The molecule has 4 atom stereocenters. The number of hydrogen-bond acceptors (Lipinski definition) is 5. The Bertz CT molecular complexity index is 853. The summed E-state index contributed by atoms with van der Waals surface area (Å²) in [5, 5.41) is 6.44. The van der Waals surface area contributed by atoms with E-state index in [0.29, 0.717) is 0 Å². The SMILES string of the molecule is CSCCC1NC2(C(=O)Nc3ccccc32)[C@@H]2C(=O)N(C3CCCC3)C(=O)[C@H]12. The van der Waals surface area contributed by atoms with Crippen molar-refractivity contribution in [2.45, 2.75) is 49.7 Å². The van der Waals surface area contributed by atoms with Crippen molar-refractivity contribution in [3.8, 4) is 0 Å². The standard InChI is InChI=1S/C21H25N3O3S/c1-28-11-10-15-16-17(19(26)24(18(16)25)12-6-2-3-7-12)21(23-15)13-8-4-5-9-14(13)22-20(21)27/h4-5,8-9,12,15-17,23H,2-3,6-7,10-11H2,1H3,(H,22,27)/t15?,16-,17+,21?/m1/s1. The molecule has 3 heterocycles. The summed E-state index contributed by atoms with van der Waals surface area (Å²) in [5.41, 5.74) is 0.407. The lowest BCUT2D eigenvalue weighted by molar-refractivity contribution is -0.145. The summed E-state index contributed by atoms with van der Waals surface area (Å²) in [4.78, 5) is 41.8. The van der Waals surface area contributed by atoms with Crippen LogP contribution < -0.4 is 10.6 Å². The number of para-hydroxylation sites is 1. The van der Waals surface area contributed by atoms with Crippen LogP contribution in [0.2, 0.25) is 0 Å².